The van der Waals surface area contributed by atoms with Gasteiger partial charge in [0.15, 0.2) is 0 Å². The minimum absolute atomic E-state index is 0.112. The summed E-state index contributed by atoms with van der Waals surface area (Å²) in [4.78, 5) is 0. The molecule has 0 aromatic heterocycles. The van der Waals surface area contributed by atoms with E-state index in [0.717, 1.165) is 12.3 Å². The zero-order valence-electron chi connectivity index (χ0n) is 7.21. The number of hydrogen-bond donors (Lipinski definition) is 2. The van der Waals surface area contributed by atoms with Crippen molar-refractivity contribution in [2.75, 3.05) is 16.7 Å². The molecule has 0 heterocycles. The predicted octanol–water partition coefficient (Wildman–Crippen LogP) is 1.54. The molecule has 0 amide bonds. The third-order valence-corrected chi connectivity index (χ3v) is 2.63. The number of nitrogens with two attached hydrogens (primary N) is 1. The maximum Gasteiger partial charge on any atom is 0.229 e. The topological polar surface area (TPSA) is 72.2 Å². The van der Waals surface area contributed by atoms with Gasteiger partial charge in [0.25, 0.3) is 0 Å². The SMILES string of the molecule is CS(=O)(=O)Nc1cc(N)c(F)cc1Br. The fourth-order valence-electron chi connectivity index (χ4n) is 0.844. The highest BCUT2D eigenvalue weighted by Crippen LogP contribution is 2.27. The van der Waals surface area contributed by atoms with Crippen molar-refractivity contribution in [1.29, 1.82) is 0 Å². The van der Waals surface area contributed by atoms with Crippen molar-refractivity contribution < 1.29 is 12.8 Å². The van der Waals surface area contributed by atoms with Crippen LogP contribution in [-0.4, -0.2) is 14.7 Å². The van der Waals surface area contributed by atoms with Gasteiger partial charge in [-0.3, -0.25) is 4.72 Å². The number of halogens is 2. The zero-order chi connectivity index (χ0) is 10.9. The molecule has 1 aromatic carbocycles. The molecule has 0 fully saturated rings. The van der Waals surface area contributed by atoms with E-state index in [9.17, 15) is 12.8 Å². The molecule has 0 spiro atoms. The van der Waals surface area contributed by atoms with Gasteiger partial charge < -0.3 is 5.73 Å². The second kappa shape index (κ2) is 3.74. The summed E-state index contributed by atoms with van der Waals surface area (Å²) in [6.07, 6.45) is 0.999. The average molecular weight is 283 g/mol. The highest BCUT2D eigenvalue weighted by Gasteiger charge is 2.09. The van der Waals surface area contributed by atoms with E-state index >= 15 is 0 Å². The largest absolute Gasteiger partial charge is 0.396 e. The maximum atomic E-state index is 12.9. The second-order valence-corrected chi connectivity index (χ2v) is 5.33. The Labute approximate surface area is 89.5 Å². The van der Waals surface area contributed by atoms with Crippen LogP contribution in [0.25, 0.3) is 0 Å². The fraction of sp³-hybridized carbons (Fsp3) is 0.143. The zero-order valence-corrected chi connectivity index (χ0v) is 9.62. The van der Waals surface area contributed by atoms with Gasteiger partial charge in [-0.2, -0.15) is 0 Å². The Morgan fingerprint density at radius 3 is 2.57 bits per heavy atom. The molecule has 7 heteroatoms. The molecule has 0 aliphatic rings. The highest BCUT2D eigenvalue weighted by molar-refractivity contribution is 9.10. The number of rotatable bonds is 2. The second-order valence-electron chi connectivity index (χ2n) is 2.73. The third-order valence-electron chi connectivity index (χ3n) is 1.38. The van der Waals surface area contributed by atoms with Gasteiger partial charge in [-0.05, 0) is 28.1 Å². The van der Waals surface area contributed by atoms with Crippen molar-refractivity contribution in [3.05, 3.63) is 22.4 Å². The van der Waals surface area contributed by atoms with Crippen LogP contribution in [0.4, 0.5) is 15.8 Å². The van der Waals surface area contributed by atoms with Crippen molar-refractivity contribution in [3.8, 4) is 0 Å². The van der Waals surface area contributed by atoms with Crippen molar-refractivity contribution in [2.24, 2.45) is 0 Å². The molecule has 1 rings (SSSR count). The summed E-state index contributed by atoms with van der Waals surface area (Å²) in [5, 5.41) is 0. The molecule has 78 valence electrons. The van der Waals surface area contributed by atoms with Crippen LogP contribution in [0.3, 0.4) is 0 Å². The normalized spacial score (nSPS) is 11.4. The molecular formula is C7H8BrFN2O2S. The van der Waals surface area contributed by atoms with E-state index in [1.165, 1.54) is 6.07 Å². The number of sulfonamides is 1. The standard InChI is InChI=1S/C7H8BrFN2O2S/c1-14(12,13)11-7-3-6(10)5(9)2-4(7)8/h2-3,11H,10H2,1H3. The summed E-state index contributed by atoms with van der Waals surface area (Å²) in [6.45, 7) is 0. The first kappa shape index (κ1) is 11.3. The van der Waals surface area contributed by atoms with Crippen LogP contribution >= 0.6 is 15.9 Å². The Kier molecular flexibility index (Phi) is 3.01. The van der Waals surface area contributed by atoms with E-state index in [4.69, 9.17) is 5.73 Å². The van der Waals surface area contributed by atoms with Crippen LogP contribution in [0.1, 0.15) is 0 Å². The molecule has 0 bridgehead atoms. The molecule has 14 heavy (non-hydrogen) atoms. The van der Waals surface area contributed by atoms with E-state index < -0.39 is 15.8 Å². The van der Waals surface area contributed by atoms with Crippen LogP contribution in [0.5, 0.6) is 0 Å². The third kappa shape index (κ3) is 2.85. The van der Waals surface area contributed by atoms with E-state index in [2.05, 4.69) is 20.7 Å². The summed E-state index contributed by atoms with van der Waals surface area (Å²) in [5.74, 6) is -0.601. The molecule has 4 nitrogen and oxygen atoms in total. The van der Waals surface area contributed by atoms with Gasteiger partial charge in [-0.25, -0.2) is 12.8 Å². The number of benzene rings is 1. The average Bonchev–Trinajstić information content (AvgIpc) is 1.97. The lowest BCUT2D eigenvalue weighted by Crippen LogP contribution is -2.10. The van der Waals surface area contributed by atoms with Crippen LogP contribution < -0.4 is 10.5 Å². The summed E-state index contributed by atoms with van der Waals surface area (Å²) >= 11 is 3.01. The summed E-state index contributed by atoms with van der Waals surface area (Å²) < 4.78 is 37.1. The summed E-state index contributed by atoms with van der Waals surface area (Å²) in [6, 6.07) is 2.31. The Morgan fingerprint density at radius 1 is 1.50 bits per heavy atom. The van der Waals surface area contributed by atoms with Gasteiger partial charge in [0.2, 0.25) is 10.0 Å². The minimum atomic E-state index is -3.39. The Balaban J connectivity index is 3.17. The molecule has 0 aliphatic carbocycles. The quantitative estimate of drug-likeness (QED) is 0.809. The molecule has 0 atom stereocenters. The molecule has 3 N–H and O–H groups in total. The van der Waals surface area contributed by atoms with Gasteiger partial charge in [-0.15, -0.1) is 0 Å². The van der Waals surface area contributed by atoms with Crippen LogP contribution in [-0.2, 0) is 10.0 Å². The molecule has 0 unspecified atom stereocenters. The Bertz CT molecular complexity index is 461. The lowest BCUT2D eigenvalue weighted by molar-refractivity contribution is 0.606. The van der Waals surface area contributed by atoms with Gasteiger partial charge in [0.1, 0.15) is 5.82 Å². The molecule has 0 aliphatic heterocycles. The first-order valence-corrected chi connectivity index (χ1v) is 6.20. The molecule has 1 aromatic rings. The summed E-state index contributed by atoms with van der Waals surface area (Å²) in [5.41, 5.74) is 5.38. The molecular weight excluding hydrogens is 275 g/mol. The molecule has 0 saturated heterocycles. The first-order valence-electron chi connectivity index (χ1n) is 3.52. The predicted molar refractivity (Wildman–Crippen MR) is 57.0 cm³/mol. The Hall–Kier alpha value is -0.820. The number of nitrogen functional groups attached to an aromatic ring is 1. The summed E-state index contributed by atoms with van der Waals surface area (Å²) in [7, 11) is -3.39. The van der Waals surface area contributed by atoms with Gasteiger partial charge in [0.05, 0.1) is 17.6 Å². The lowest BCUT2D eigenvalue weighted by atomic mass is 10.3. The highest BCUT2D eigenvalue weighted by atomic mass is 79.9. The number of nitrogens with one attached hydrogen (secondary N) is 1. The van der Waals surface area contributed by atoms with Gasteiger partial charge in [0, 0.05) is 4.47 Å². The van der Waals surface area contributed by atoms with Crippen molar-refractivity contribution in [2.45, 2.75) is 0 Å². The first-order chi connectivity index (χ1) is 6.29. The van der Waals surface area contributed by atoms with Gasteiger partial charge >= 0.3 is 0 Å². The molecule has 0 radical (unpaired) electrons. The number of hydrogen-bond acceptors (Lipinski definition) is 3. The molecule has 0 saturated carbocycles. The smallest absolute Gasteiger partial charge is 0.229 e. The van der Waals surface area contributed by atoms with E-state index in [0.29, 0.717) is 4.47 Å². The van der Waals surface area contributed by atoms with E-state index in [1.54, 1.807) is 0 Å². The van der Waals surface area contributed by atoms with Crippen LogP contribution in [0.15, 0.2) is 16.6 Å². The van der Waals surface area contributed by atoms with Crippen LogP contribution in [0.2, 0.25) is 0 Å². The van der Waals surface area contributed by atoms with Crippen molar-refractivity contribution >= 4 is 37.3 Å². The van der Waals surface area contributed by atoms with Crippen molar-refractivity contribution in [3.63, 3.8) is 0 Å². The van der Waals surface area contributed by atoms with Gasteiger partial charge in [-0.1, -0.05) is 0 Å². The number of anilines is 2. The van der Waals surface area contributed by atoms with E-state index in [-0.39, 0.29) is 11.4 Å². The fourth-order valence-corrected chi connectivity index (χ4v) is 1.96. The maximum absolute atomic E-state index is 12.9. The van der Waals surface area contributed by atoms with E-state index in [1.807, 2.05) is 0 Å². The van der Waals surface area contributed by atoms with Crippen LogP contribution in [0, 0.1) is 5.82 Å². The Morgan fingerprint density at radius 2 is 2.07 bits per heavy atom. The van der Waals surface area contributed by atoms with Crippen molar-refractivity contribution in [1.82, 2.24) is 0 Å². The lowest BCUT2D eigenvalue weighted by Gasteiger charge is -2.07. The monoisotopic (exact) mass is 282 g/mol. The minimum Gasteiger partial charge on any atom is -0.396 e.